The molecular weight excluding hydrogens is 270 g/mol. The van der Waals surface area contributed by atoms with E-state index in [0.29, 0.717) is 32.1 Å². The normalized spacial score (nSPS) is 26.3. The zero-order valence-corrected chi connectivity index (χ0v) is 13.1. The van der Waals surface area contributed by atoms with Crippen LogP contribution in [0.15, 0.2) is 0 Å². The Morgan fingerprint density at radius 1 is 1.00 bits per heavy atom. The Hall–Kier alpha value is -1.30. The number of carbonyl (C=O) groups excluding carboxylic acids is 1. The van der Waals surface area contributed by atoms with Crippen LogP contribution in [0.5, 0.6) is 0 Å². The molecule has 0 spiro atoms. The van der Waals surface area contributed by atoms with E-state index in [0.717, 1.165) is 25.9 Å². The van der Waals surface area contributed by atoms with Crippen molar-refractivity contribution in [3.63, 3.8) is 0 Å². The number of hydrogen-bond donors (Lipinski definition) is 1. The Morgan fingerprint density at radius 2 is 1.62 bits per heavy atom. The molecule has 0 aromatic rings. The van der Waals surface area contributed by atoms with Gasteiger partial charge in [-0.2, -0.15) is 0 Å². The predicted molar refractivity (Wildman–Crippen MR) is 80.2 cm³/mol. The van der Waals surface area contributed by atoms with E-state index in [1.54, 1.807) is 6.92 Å². The van der Waals surface area contributed by atoms with Gasteiger partial charge in [-0.25, -0.2) is 4.79 Å². The van der Waals surface area contributed by atoms with E-state index in [-0.39, 0.29) is 6.03 Å². The first-order chi connectivity index (χ1) is 9.99. The summed E-state index contributed by atoms with van der Waals surface area (Å²) in [5.41, 5.74) is 0. The first kappa shape index (κ1) is 16.1. The van der Waals surface area contributed by atoms with E-state index >= 15 is 0 Å². The highest BCUT2D eigenvalue weighted by Crippen LogP contribution is 2.18. The number of carbonyl (C=O) groups is 2. The molecule has 6 heteroatoms. The zero-order chi connectivity index (χ0) is 15.4. The summed E-state index contributed by atoms with van der Waals surface area (Å²) in [6.07, 6.45) is 3.37. The molecule has 21 heavy (non-hydrogen) atoms. The van der Waals surface area contributed by atoms with Crippen LogP contribution in [0.4, 0.5) is 4.79 Å². The number of likely N-dealkylation sites (tertiary alicyclic amines) is 1. The summed E-state index contributed by atoms with van der Waals surface area (Å²) >= 11 is 0. The highest BCUT2D eigenvalue weighted by atomic mass is 16.4. The van der Waals surface area contributed by atoms with Gasteiger partial charge >= 0.3 is 12.0 Å². The summed E-state index contributed by atoms with van der Waals surface area (Å²) in [5.74, 6) is -0.0904. The van der Waals surface area contributed by atoms with Gasteiger partial charge in [0.05, 0.1) is 0 Å². The fraction of sp³-hybridized carbons (Fsp3) is 0.867. The van der Waals surface area contributed by atoms with Crippen molar-refractivity contribution in [2.45, 2.75) is 39.2 Å². The van der Waals surface area contributed by atoms with E-state index in [1.807, 2.05) is 14.7 Å². The van der Waals surface area contributed by atoms with Gasteiger partial charge in [0, 0.05) is 39.3 Å². The molecule has 2 aliphatic rings. The second-order valence-corrected chi connectivity index (χ2v) is 6.34. The number of carboxylic acids is 1. The number of carboxylic acid groups (broad SMARTS) is 1. The van der Waals surface area contributed by atoms with E-state index < -0.39 is 12.0 Å². The Bertz CT molecular complexity index is 380. The third kappa shape index (κ3) is 4.09. The number of hydrogen-bond acceptors (Lipinski definition) is 3. The largest absolute Gasteiger partial charge is 0.480 e. The number of amides is 2. The van der Waals surface area contributed by atoms with Gasteiger partial charge in [-0.15, -0.1) is 0 Å². The average molecular weight is 297 g/mol. The van der Waals surface area contributed by atoms with Gasteiger partial charge in [0.15, 0.2) is 0 Å². The highest BCUT2D eigenvalue weighted by Gasteiger charge is 2.29. The van der Waals surface area contributed by atoms with Crippen molar-refractivity contribution in [3.8, 4) is 0 Å². The summed E-state index contributed by atoms with van der Waals surface area (Å²) in [6.45, 7) is 8.20. The van der Waals surface area contributed by atoms with Gasteiger partial charge < -0.3 is 14.9 Å². The maximum Gasteiger partial charge on any atom is 0.320 e. The van der Waals surface area contributed by atoms with Crippen molar-refractivity contribution in [1.29, 1.82) is 0 Å². The number of nitrogens with zero attached hydrogens (tertiary/aromatic N) is 3. The van der Waals surface area contributed by atoms with Crippen LogP contribution in [-0.4, -0.2) is 77.1 Å². The van der Waals surface area contributed by atoms with Crippen LogP contribution < -0.4 is 0 Å². The maximum atomic E-state index is 12.5. The Kier molecular flexibility index (Phi) is 5.45. The molecule has 0 aromatic heterocycles. The van der Waals surface area contributed by atoms with Crippen molar-refractivity contribution in [2.75, 3.05) is 39.3 Å². The third-order valence-electron chi connectivity index (χ3n) is 4.78. The first-order valence-corrected chi connectivity index (χ1v) is 7.99. The maximum absolute atomic E-state index is 12.5. The molecule has 0 aromatic carbocycles. The SMILES string of the molecule is CC1CCCN(C(=O)N2CCN(C(C)C(=O)O)CC2)CC1. The van der Waals surface area contributed by atoms with Gasteiger partial charge in [-0.05, 0) is 32.1 Å². The fourth-order valence-corrected chi connectivity index (χ4v) is 3.11. The third-order valence-corrected chi connectivity index (χ3v) is 4.78. The molecule has 2 aliphatic heterocycles. The summed E-state index contributed by atoms with van der Waals surface area (Å²) in [4.78, 5) is 29.3. The molecule has 2 unspecified atom stereocenters. The lowest BCUT2D eigenvalue weighted by Crippen LogP contribution is -2.55. The number of urea groups is 1. The Labute approximate surface area is 126 Å². The lowest BCUT2D eigenvalue weighted by molar-refractivity contribution is -0.143. The monoisotopic (exact) mass is 297 g/mol. The van der Waals surface area contributed by atoms with Gasteiger partial charge in [-0.1, -0.05) is 6.92 Å². The Balaban J connectivity index is 1.84. The minimum atomic E-state index is -0.795. The lowest BCUT2D eigenvalue weighted by Gasteiger charge is -2.38. The predicted octanol–water partition coefficient (Wildman–Crippen LogP) is 1.32. The van der Waals surface area contributed by atoms with Crippen LogP contribution in [0.2, 0.25) is 0 Å². The molecule has 1 N–H and O–H groups in total. The summed E-state index contributed by atoms with van der Waals surface area (Å²) < 4.78 is 0. The average Bonchev–Trinajstić information content (AvgIpc) is 2.70. The van der Waals surface area contributed by atoms with Crippen molar-refractivity contribution >= 4 is 12.0 Å². The van der Waals surface area contributed by atoms with Crippen molar-refractivity contribution in [1.82, 2.24) is 14.7 Å². The van der Waals surface area contributed by atoms with Gasteiger partial charge in [0.1, 0.15) is 6.04 Å². The smallest absolute Gasteiger partial charge is 0.320 e. The van der Waals surface area contributed by atoms with Crippen molar-refractivity contribution in [3.05, 3.63) is 0 Å². The summed E-state index contributed by atoms with van der Waals surface area (Å²) in [7, 11) is 0. The molecule has 2 amide bonds. The molecule has 0 radical (unpaired) electrons. The summed E-state index contributed by atoms with van der Waals surface area (Å²) in [5, 5.41) is 9.04. The van der Waals surface area contributed by atoms with Gasteiger partial charge in [-0.3, -0.25) is 9.69 Å². The molecule has 2 fully saturated rings. The van der Waals surface area contributed by atoms with E-state index in [9.17, 15) is 9.59 Å². The van der Waals surface area contributed by atoms with Crippen LogP contribution >= 0.6 is 0 Å². The first-order valence-electron chi connectivity index (χ1n) is 7.99. The molecule has 0 saturated carbocycles. The van der Waals surface area contributed by atoms with Gasteiger partial charge in [0.25, 0.3) is 0 Å². The number of aliphatic carboxylic acids is 1. The Morgan fingerprint density at radius 3 is 2.24 bits per heavy atom. The van der Waals surface area contributed by atoms with Gasteiger partial charge in [0.2, 0.25) is 0 Å². The molecule has 2 heterocycles. The van der Waals surface area contributed by atoms with E-state index in [2.05, 4.69) is 6.92 Å². The van der Waals surface area contributed by atoms with Crippen molar-refractivity contribution < 1.29 is 14.7 Å². The zero-order valence-electron chi connectivity index (χ0n) is 13.1. The van der Waals surface area contributed by atoms with Crippen LogP contribution in [-0.2, 0) is 4.79 Å². The van der Waals surface area contributed by atoms with Crippen LogP contribution in [0.1, 0.15) is 33.1 Å². The second-order valence-electron chi connectivity index (χ2n) is 6.34. The van der Waals surface area contributed by atoms with E-state index in [1.165, 1.54) is 6.42 Å². The topological polar surface area (TPSA) is 64.1 Å². The quantitative estimate of drug-likeness (QED) is 0.835. The molecule has 2 atom stereocenters. The molecule has 2 rings (SSSR count). The minimum Gasteiger partial charge on any atom is -0.480 e. The molecule has 6 nitrogen and oxygen atoms in total. The lowest BCUT2D eigenvalue weighted by atomic mass is 10.0. The molecular formula is C15H27N3O3. The standard InChI is InChI=1S/C15H27N3O3/c1-12-4-3-6-17(7-5-12)15(21)18-10-8-16(9-11-18)13(2)14(19)20/h12-13H,3-11H2,1-2H3,(H,19,20). The molecule has 0 aliphatic carbocycles. The van der Waals surface area contributed by atoms with Crippen LogP contribution in [0.3, 0.4) is 0 Å². The van der Waals surface area contributed by atoms with Crippen LogP contribution in [0, 0.1) is 5.92 Å². The number of rotatable bonds is 2. The fourth-order valence-electron chi connectivity index (χ4n) is 3.11. The van der Waals surface area contributed by atoms with Crippen molar-refractivity contribution in [2.24, 2.45) is 5.92 Å². The number of piperazine rings is 1. The molecule has 120 valence electrons. The molecule has 2 saturated heterocycles. The second kappa shape index (κ2) is 7.11. The summed E-state index contributed by atoms with van der Waals surface area (Å²) in [6, 6.07) is -0.340. The van der Waals surface area contributed by atoms with E-state index in [4.69, 9.17) is 5.11 Å². The molecule has 0 bridgehead atoms. The minimum absolute atomic E-state index is 0.131. The van der Waals surface area contributed by atoms with Crippen LogP contribution in [0.25, 0.3) is 0 Å². The highest BCUT2D eigenvalue weighted by molar-refractivity contribution is 5.75.